The number of hydrogen-bond acceptors (Lipinski definition) is 3. The third kappa shape index (κ3) is 5.21. The fourth-order valence-corrected chi connectivity index (χ4v) is 3.72. The highest BCUT2D eigenvalue weighted by Gasteiger charge is 2.13. The largest absolute Gasteiger partial charge is 0.362 e. The molecule has 30 heavy (non-hydrogen) atoms. The third-order valence-electron chi connectivity index (χ3n) is 5.20. The lowest BCUT2D eigenvalue weighted by molar-refractivity contribution is 0.558. The van der Waals surface area contributed by atoms with Gasteiger partial charge in [0.05, 0.1) is 40.0 Å². The molecule has 0 saturated heterocycles. The van der Waals surface area contributed by atoms with E-state index in [4.69, 9.17) is 23.8 Å². The van der Waals surface area contributed by atoms with Crippen molar-refractivity contribution in [3.8, 4) is 0 Å². The van der Waals surface area contributed by atoms with E-state index >= 15 is 0 Å². The number of anilines is 1. The Labute approximate surface area is 188 Å². The lowest BCUT2D eigenvalue weighted by atomic mass is 10.1. The average Bonchev–Trinajstić information content (AvgIpc) is 3.11. The summed E-state index contributed by atoms with van der Waals surface area (Å²) < 4.78 is 3.96. The number of aromatic nitrogens is 4. The first-order valence-corrected chi connectivity index (χ1v) is 10.9. The van der Waals surface area contributed by atoms with Crippen molar-refractivity contribution >= 4 is 34.6 Å². The van der Waals surface area contributed by atoms with Crippen molar-refractivity contribution < 1.29 is 0 Å². The van der Waals surface area contributed by atoms with Gasteiger partial charge in [-0.25, -0.2) is 0 Å². The number of thiocarbonyl (C=S) groups is 1. The van der Waals surface area contributed by atoms with Gasteiger partial charge in [0.25, 0.3) is 0 Å². The van der Waals surface area contributed by atoms with Gasteiger partial charge < -0.3 is 10.6 Å². The standard InChI is InChI=1S/C22H29ClN6S/c1-14-7-9-19(10-8-14)13-29-18(5)21(16(3)27-29)25-22(30)24-11-6-12-28-17(4)20(23)15(2)26-28/h7-10H,6,11-13H2,1-5H3,(H2,24,25,30). The fourth-order valence-electron chi connectivity index (χ4n) is 3.38. The SMILES string of the molecule is Cc1ccc(Cn2nc(C)c(NC(=S)NCCCn3nc(C)c(Cl)c3C)c2C)cc1. The van der Waals surface area contributed by atoms with E-state index in [2.05, 4.69) is 58.9 Å². The molecule has 0 saturated carbocycles. The molecule has 2 aromatic heterocycles. The molecule has 0 amide bonds. The van der Waals surface area contributed by atoms with E-state index in [9.17, 15) is 0 Å². The Morgan fingerprint density at radius 2 is 1.63 bits per heavy atom. The minimum Gasteiger partial charge on any atom is -0.362 e. The first kappa shape index (κ1) is 22.3. The van der Waals surface area contributed by atoms with Crippen molar-refractivity contribution in [1.29, 1.82) is 0 Å². The van der Waals surface area contributed by atoms with Gasteiger partial charge in [-0.2, -0.15) is 10.2 Å². The van der Waals surface area contributed by atoms with Crippen LogP contribution in [0.2, 0.25) is 5.02 Å². The number of halogens is 1. The smallest absolute Gasteiger partial charge is 0.170 e. The second-order valence-corrected chi connectivity index (χ2v) is 8.42. The molecule has 1 aromatic carbocycles. The second kappa shape index (κ2) is 9.62. The Balaban J connectivity index is 1.53. The van der Waals surface area contributed by atoms with E-state index in [1.807, 2.05) is 30.1 Å². The third-order valence-corrected chi connectivity index (χ3v) is 5.99. The maximum Gasteiger partial charge on any atom is 0.170 e. The van der Waals surface area contributed by atoms with Crippen LogP contribution in [0, 0.1) is 34.6 Å². The number of nitrogens with one attached hydrogen (secondary N) is 2. The zero-order valence-electron chi connectivity index (χ0n) is 18.2. The van der Waals surface area contributed by atoms with Gasteiger partial charge in [-0.1, -0.05) is 41.4 Å². The van der Waals surface area contributed by atoms with E-state index in [1.54, 1.807) is 0 Å². The summed E-state index contributed by atoms with van der Waals surface area (Å²) in [5.74, 6) is 0. The predicted molar refractivity (Wildman–Crippen MR) is 128 cm³/mol. The van der Waals surface area contributed by atoms with Crippen molar-refractivity contribution in [3.05, 3.63) is 63.2 Å². The van der Waals surface area contributed by atoms with Crippen LogP contribution in [0.25, 0.3) is 0 Å². The molecular weight excluding hydrogens is 416 g/mol. The summed E-state index contributed by atoms with van der Waals surface area (Å²) in [7, 11) is 0. The predicted octanol–water partition coefficient (Wildman–Crippen LogP) is 4.70. The molecule has 0 atom stereocenters. The van der Waals surface area contributed by atoms with Gasteiger partial charge in [-0.15, -0.1) is 0 Å². The van der Waals surface area contributed by atoms with Gasteiger partial charge >= 0.3 is 0 Å². The van der Waals surface area contributed by atoms with Gasteiger partial charge in [-0.05, 0) is 58.8 Å². The topological polar surface area (TPSA) is 59.7 Å². The van der Waals surface area contributed by atoms with Crippen molar-refractivity contribution in [3.63, 3.8) is 0 Å². The highest BCUT2D eigenvalue weighted by Crippen LogP contribution is 2.21. The molecule has 6 nitrogen and oxygen atoms in total. The summed E-state index contributed by atoms with van der Waals surface area (Å²) in [5.41, 5.74) is 7.31. The molecule has 0 aliphatic rings. The van der Waals surface area contributed by atoms with Crippen molar-refractivity contribution in [2.45, 2.75) is 54.1 Å². The Morgan fingerprint density at radius 3 is 2.27 bits per heavy atom. The molecule has 0 unspecified atom stereocenters. The molecule has 0 aliphatic carbocycles. The van der Waals surface area contributed by atoms with E-state index in [1.165, 1.54) is 11.1 Å². The summed E-state index contributed by atoms with van der Waals surface area (Å²) in [5, 5.41) is 17.1. The molecule has 2 heterocycles. The molecule has 3 rings (SSSR count). The molecule has 160 valence electrons. The van der Waals surface area contributed by atoms with E-state index in [-0.39, 0.29) is 0 Å². The zero-order valence-corrected chi connectivity index (χ0v) is 19.8. The van der Waals surface area contributed by atoms with Crippen LogP contribution >= 0.6 is 23.8 Å². The highest BCUT2D eigenvalue weighted by atomic mass is 35.5. The van der Waals surface area contributed by atoms with E-state index in [0.29, 0.717) is 5.11 Å². The lowest BCUT2D eigenvalue weighted by Crippen LogP contribution is -2.30. The first-order valence-electron chi connectivity index (χ1n) is 10.1. The minimum absolute atomic E-state index is 0.600. The Bertz CT molecular complexity index is 1040. The van der Waals surface area contributed by atoms with Crippen LogP contribution in [0.4, 0.5) is 5.69 Å². The fraction of sp³-hybridized carbons (Fsp3) is 0.409. The molecule has 0 bridgehead atoms. The average molecular weight is 445 g/mol. The van der Waals surface area contributed by atoms with Crippen LogP contribution in [-0.2, 0) is 13.1 Å². The van der Waals surface area contributed by atoms with Crippen molar-refractivity contribution in [1.82, 2.24) is 24.9 Å². The van der Waals surface area contributed by atoms with Gasteiger partial charge in [0.15, 0.2) is 5.11 Å². The first-order chi connectivity index (χ1) is 14.3. The van der Waals surface area contributed by atoms with Crippen molar-refractivity contribution in [2.24, 2.45) is 0 Å². The molecule has 0 aliphatic heterocycles. The van der Waals surface area contributed by atoms with Gasteiger partial charge in [0, 0.05) is 13.1 Å². The summed E-state index contributed by atoms with van der Waals surface area (Å²) in [6.45, 7) is 12.3. The van der Waals surface area contributed by atoms with Gasteiger partial charge in [0.2, 0.25) is 0 Å². The Kier molecular flexibility index (Phi) is 7.15. The molecule has 0 radical (unpaired) electrons. The molecular formula is C22H29ClN6S. The van der Waals surface area contributed by atoms with Crippen LogP contribution in [0.1, 0.15) is 40.3 Å². The normalized spacial score (nSPS) is 11.0. The zero-order chi connectivity index (χ0) is 21.8. The number of nitrogens with zero attached hydrogens (tertiary/aromatic N) is 4. The highest BCUT2D eigenvalue weighted by molar-refractivity contribution is 7.80. The van der Waals surface area contributed by atoms with E-state index in [0.717, 1.165) is 59.5 Å². The van der Waals surface area contributed by atoms with Crippen LogP contribution in [0.3, 0.4) is 0 Å². The molecule has 0 fully saturated rings. The minimum atomic E-state index is 0.600. The number of benzene rings is 1. The van der Waals surface area contributed by atoms with Crippen LogP contribution in [0.5, 0.6) is 0 Å². The summed E-state index contributed by atoms with van der Waals surface area (Å²) >= 11 is 11.7. The lowest BCUT2D eigenvalue weighted by Gasteiger charge is -2.12. The molecule has 0 spiro atoms. The van der Waals surface area contributed by atoms with Crippen molar-refractivity contribution in [2.75, 3.05) is 11.9 Å². The van der Waals surface area contributed by atoms with Crippen LogP contribution in [0.15, 0.2) is 24.3 Å². The molecule has 2 N–H and O–H groups in total. The van der Waals surface area contributed by atoms with E-state index < -0.39 is 0 Å². The Morgan fingerprint density at radius 1 is 0.967 bits per heavy atom. The molecule has 8 heteroatoms. The number of hydrogen-bond donors (Lipinski definition) is 2. The quantitative estimate of drug-likeness (QED) is 0.408. The monoisotopic (exact) mass is 444 g/mol. The number of aryl methyl sites for hydroxylation is 4. The van der Waals surface area contributed by atoms with Crippen LogP contribution < -0.4 is 10.6 Å². The maximum atomic E-state index is 6.20. The van der Waals surface area contributed by atoms with Gasteiger partial charge in [-0.3, -0.25) is 9.36 Å². The summed E-state index contributed by atoms with van der Waals surface area (Å²) in [4.78, 5) is 0. The molecule has 3 aromatic rings. The van der Waals surface area contributed by atoms with Crippen LogP contribution in [-0.4, -0.2) is 31.2 Å². The summed E-state index contributed by atoms with van der Waals surface area (Å²) in [6.07, 6.45) is 0.894. The number of rotatable bonds is 7. The Hall–Kier alpha value is -2.38. The maximum absolute atomic E-state index is 6.20. The second-order valence-electron chi connectivity index (χ2n) is 7.63. The van der Waals surface area contributed by atoms with Gasteiger partial charge in [0.1, 0.15) is 0 Å². The summed E-state index contributed by atoms with van der Waals surface area (Å²) in [6, 6.07) is 8.53.